The van der Waals surface area contributed by atoms with Crippen LogP contribution in [0.15, 0.2) is 36.4 Å². The SMILES string of the molecule is Cc1ccc2c(c1)CN([C@H](C)CCc1ccc(Cl)c(Cl)c1)C2.Cl. The zero-order valence-electron chi connectivity index (χ0n) is 13.5. The minimum absolute atomic E-state index is 0. The van der Waals surface area contributed by atoms with Crippen LogP contribution in [-0.2, 0) is 19.5 Å². The Morgan fingerprint density at radius 3 is 2.48 bits per heavy atom. The molecular formula is C19H22Cl3N. The molecule has 0 spiro atoms. The minimum atomic E-state index is 0. The maximum atomic E-state index is 6.09. The largest absolute Gasteiger partial charge is 0.292 e. The summed E-state index contributed by atoms with van der Waals surface area (Å²) < 4.78 is 0. The van der Waals surface area contributed by atoms with Gasteiger partial charge in [-0.25, -0.2) is 0 Å². The molecule has 0 bridgehead atoms. The zero-order chi connectivity index (χ0) is 15.7. The summed E-state index contributed by atoms with van der Waals surface area (Å²) in [5, 5.41) is 1.28. The van der Waals surface area contributed by atoms with Crippen molar-refractivity contribution in [2.75, 3.05) is 0 Å². The van der Waals surface area contributed by atoms with Crippen LogP contribution in [0.3, 0.4) is 0 Å². The Morgan fingerprint density at radius 2 is 1.74 bits per heavy atom. The minimum Gasteiger partial charge on any atom is -0.292 e. The van der Waals surface area contributed by atoms with Crippen LogP contribution in [0.4, 0.5) is 0 Å². The van der Waals surface area contributed by atoms with Gasteiger partial charge in [-0.3, -0.25) is 4.90 Å². The van der Waals surface area contributed by atoms with E-state index in [0.29, 0.717) is 16.1 Å². The van der Waals surface area contributed by atoms with Crippen molar-refractivity contribution >= 4 is 35.6 Å². The Balaban J connectivity index is 0.00000192. The average Bonchev–Trinajstić information content (AvgIpc) is 2.91. The van der Waals surface area contributed by atoms with Gasteiger partial charge in [0, 0.05) is 19.1 Å². The normalized spacial score (nSPS) is 15.1. The molecule has 1 aliphatic heterocycles. The maximum Gasteiger partial charge on any atom is 0.0595 e. The third kappa shape index (κ3) is 4.42. The Labute approximate surface area is 155 Å². The number of hydrogen-bond donors (Lipinski definition) is 0. The molecule has 3 rings (SSSR count). The summed E-state index contributed by atoms with van der Waals surface area (Å²) >= 11 is 12.1. The van der Waals surface area contributed by atoms with Crippen LogP contribution in [-0.4, -0.2) is 10.9 Å². The number of benzene rings is 2. The Bertz CT molecular complexity index is 684. The van der Waals surface area contributed by atoms with E-state index in [1.54, 1.807) is 0 Å². The molecule has 0 aromatic heterocycles. The molecule has 0 N–H and O–H groups in total. The fourth-order valence-corrected chi connectivity index (χ4v) is 3.44. The Hall–Kier alpha value is -0.730. The fraction of sp³-hybridized carbons (Fsp3) is 0.368. The van der Waals surface area contributed by atoms with Gasteiger partial charge in [-0.2, -0.15) is 0 Å². The smallest absolute Gasteiger partial charge is 0.0595 e. The molecule has 0 unspecified atom stereocenters. The van der Waals surface area contributed by atoms with Crippen LogP contribution in [0.25, 0.3) is 0 Å². The molecule has 124 valence electrons. The highest BCUT2D eigenvalue weighted by molar-refractivity contribution is 6.42. The van der Waals surface area contributed by atoms with Crippen LogP contribution in [0.5, 0.6) is 0 Å². The number of fused-ring (bicyclic) bond motifs is 1. The van der Waals surface area contributed by atoms with E-state index in [0.717, 1.165) is 25.9 Å². The summed E-state index contributed by atoms with van der Waals surface area (Å²) in [5.74, 6) is 0. The highest BCUT2D eigenvalue weighted by Gasteiger charge is 2.22. The zero-order valence-corrected chi connectivity index (χ0v) is 15.8. The predicted octanol–water partition coefficient (Wildman–Crippen LogP) is 6.06. The van der Waals surface area contributed by atoms with Crippen LogP contribution in [0.1, 0.15) is 35.6 Å². The van der Waals surface area contributed by atoms with Gasteiger partial charge in [0.25, 0.3) is 0 Å². The lowest BCUT2D eigenvalue weighted by Gasteiger charge is -2.23. The molecule has 1 nitrogen and oxygen atoms in total. The van der Waals surface area contributed by atoms with E-state index in [1.807, 2.05) is 12.1 Å². The number of aryl methyl sites for hydroxylation is 2. The lowest BCUT2D eigenvalue weighted by molar-refractivity contribution is 0.203. The van der Waals surface area contributed by atoms with Crippen molar-refractivity contribution in [3.8, 4) is 0 Å². The van der Waals surface area contributed by atoms with Gasteiger partial charge in [0.15, 0.2) is 0 Å². The fourth-order valence-electron chi connectivity index (χ4n) is 3.11. The molecule has 0 amide bonds. The first-order valence-electron chi connectivity index (χ1n) is 7.79. The highest BCUT2D eigenvalue weighted by Crippen LogP contribution is 2.27. The summed E-state index contributed by atoms with van der Waals surface area (Å²) in [6, 6.07) is 13.3. The van der Waals surface area contributed by atoms with Gasteiger partial charge >= 0.3 is 0 Å². The molecule has 1 aliphatic rings. The van der Waals surface area contributed by atoms with Gasteiger partial charge in [-0.1, -0.05) is 53.0 Å². The van der Waals surface area contributed by atoms with Crippen LogP contribution >= 0.6 is 35.6 Å². The van der Waals surface area contributed by atoms with Crippen molar-refractivity contribution in [2.24, 2.45) is 0 Å². The summed E-state index contributed by atoms with van der Waals surface area (Å²) in [6.45, 7) is 6.62. The monoisotopic (exact) mass is 369 g/mol. The first-order valence-corrected chi connectivity index (χ1v) is 8.55. The van der Waals surface area contributed by atoms with Gasteiger partial charge in [-0.05, 0) is 55.5 Å². The first kappa shape index (κ1) is 18.6. The summed E-state index contributed by atoms with van der Waals surface area (Å²) in [6.07, 6.45) is 2.16. The molecule has 0 fully saturated rings. The number of rotatable bonds is 4. The van der Waals surface area contributed by atoms with E-state index >= 15 is 0 Å². The molecule has 0 aliphatic carbocycles. The molecule has 4 heteroatoms. The molecule has 2 aromatic carbocycles. The molecule has 2 aromatic rings. The molecular weight excluding hydrogens is 349 g/mol. The molecule has 0 saturated carbocycles. The topological polar surface area (TPSA) is 3.24 Å². The van der Waals surface area contributed by atoms with E-state index in [1.165, 1.54) is 22.3 Å². The second-order valence-electron chi connectivity index (χ2n) is 6.31. The Kier molecular flexibility index (Phi) is 6.39. The van der Waals surface area contributed by atoms with Gasteiger partial charge in [0.2, 0.25) is 0 Å². The number of halogens is 3. The van der Waals surface area contributed by atoms with Gasteiger partial charge in [0.05, 0.1) is 10.0 Å². The van der Waals surface area contributed by atoms with Gasteiger partial charge in [-0.15, -0.1) is 12.4 Å². The van der Waals surface area contributed by atoms with E-state index in [4.69, 9.17) is 23.2 Å². The van der Waals surface area contributed by atoms with Crippen molar-refractivity contribution in [2.45, 2.75) is 45.8 Å². The number of hydrogen-bond acceptors (Lipinski definition) is 1. The quantitative estimate of drug-likeness (QED) is 0.632. The van der Waals surface area contributed by atoms with E-state index < -0.39 is 0 Å². The van der Waals surface area contributed by atoms with Gasteiger partial charge < -0.3 is 0 Å². The van der Waals surface area contributed by atoms with Gasteiger partial charge in [0.1, 0.15) is 0 Å². The molecule has 1 heterocycles. The molecule has 23 heavy (non-hydrogen) atoms. The summed E-state index contributed by atoms with van der Waals surface area (Å²) in [4.78, 5) is 2.56. The second kappa shape index (κ2) is 7.90. The van der Waals surface area contributed by atoms with Crippen LogP contribution < -0.4 is 0 Å². The summed E-state index contributed by atoms with van der Waals surface area (Å²) in [5.41, 5.74) is 5.58. The van der Waals surface area contributed by atoms with E-state index in [9.17, 15) is 0 Å². The van der Waals surface area contributed by atoms with E-state index in [-0.39, 0.29) is 12.4 Å². The van der Waals surface area contributed by atoms with Crippen molar-refractivity contribution < 1.29 is 0 Å². The standard InChI is InChI=1S/C19H21Cl2N.ClH/c1-13-3-7-16-11-22(12-17(16)9-13)14(2)4-5-15-6-8-18(20)19(21)10-15;/h3,6-10,14H,4-5,11-12H2,1-2H3;1H/t14-;/m1./s1. The lowest BCUT2D eigenvalue weighted by atomic mass is 10.1. The maximum absolute atomic E-state index is 6.09. The average molecular weight is 371 g/mol. The van der Waals surface area contributed by atoms with Crippen LogP contribution in [0.2, 0.25) is 10.0 Å². The molecule has 0 saturated heterocycles. The first-order chi connectivity index (χ1) is 10.5. The number of nitrogens with zero attached hydrogens (tertiary/aromatic N) is 1. The highest BCUT2D eigenvalue weighted by atomic mass is 35.5. The van der Waals surface area contributed by atoms with Crippen molar-refractivity contribution in [3.63, 3.8) is 0 Å². The van der Waals surface area contributed by atoms with Crippen molar-refractivity contribution in [1.82, 2.24) is 4.90 Å². The molecule has 1 atom stereocenters. The van der Waals surface area contributed by atoms with Crippen molar-refractivity contribution in [3.05, 3.63) is 68.7 Å². The Morgan fingerprint density at radius 1 is 1.00 bits per heavy atom. The predicted molar refractivity (Wildman–Crippen MR) is 102 cm³/mol. The van der Waals surface area contributed by atoms with Crippen LogP contribution in [0, 0.1) is 6.92 Å². The van der Waals surface area contributed by atoms with Crippen molar-refractivity contribution in [1.29, 1.82) is 0 Å². The lowest BCUT2D eigenvalue weighted by Crippen LogP contribution is -2.28. The van der Waals surface area contributed by atoms with E-state index in [2.05, 4.69) is 43.0 Å². The summed E-state index contributed by atoms with van der Waals surface area (Å²) in [7, 11) is 0. The second-order valence-corrected chi connectivity index (χ2v) is 7.13. The third-order valence-electron chi connectivity index (χ3n) is 4.57. The third-order valence-corrected chi connectivity index (χ3v) is 5.31. The molecule has 0 radical (unpaired) electrons.